The third kappa shape index (κ3) is 3.36. The topological polar surface area (TPSA) is 84.5 Å². The van der Waals surface area contributed by atoms with Gasteiger partial charge in [0.05, 0.1) is 10.6 Å². The largest absolute Gasteiger partial charge is 0.476 e. The fraction of sp³-hybridized carbons (Fsp3) is 0.500. The second-order valence-corrected chi connectivity index (χ2v) is 7.74. The number of anilines is 1. The molecule has 0 aliphatic carbocycles. The summed E-state index contributed by atoms with van der Waals surface area (Å²) >= 11 is 0. The maximum atomic E-state index is 12.2. The SMILES string of the molecule is CC(C)CNS(=O)(=O)c1ccc2c(c1)NC(=O)C(C)(C)O2. The van der Waals surface area contributed by atoms with Crippen molar-refractivity contribution in [1.82, 2.24) is 4.72 Å². The molecule has 0 unspecified atom stereocenters. The Balaban J connectivity index is 2.30. The predicted molar refractivity (Wildman–Crippen MR) is 79.8 cm³/mol. The van der Waals surface area contributed by atoms with Crippen LogP contribution in [0.5, 0.6) is 5.75 Å². The summed E-state index contributed by atoms with van der Waals surface area (Å²) in [6.45, 7) is 7.51. The Hall–Kier alpha value is -1.60. The molecule has 0 bridgehead atoms. The van der Waals surface area contributed by atoms with Gasteiger partial charge in [-0.25, -0.2) is 13.1 Å². The molecule has 0 aromatic heterocycles. The Morgan fingerprint density at radius 3 is 2.62 bits per heavy atom. The molecular formula is C14H20N2O4S. The van der Waals surface area contributed by atoms with E-state index in [9.17, 15) is 13.2 Å². The number of amides is 1. The molecule has 0 radical (unpaired) electrons. The van der Waals surface area contributed by atoms with Crippen LogP contribution >= 0.6 is 0 Å². The molecule has 7 heteroatoms. The number of rotatable bonds is 4. The molecule has 0 saturated carbocycles. The summed E-state index contributed by atoms with van der Waals surface area (Å²) in [4.78, 5) is 12.0. The van der Waals surface area contributed by atoms with Crippen LogP contribution in [0.3, 0.4) is 0 Å². The number of benzene rings is 1. The van der Waals surface area contributed by atoms with Crippen molar-refractivity contribution in [3.8, 4) is 5.75 Å². The van der Waals surface area contributed by atoms with E-state index in [1.54, 1.807) is 19.9 Å². The van der Waals surface area contributed by atoms with Crippen molar-refractivity contribution in [2.45, 2.75) is 38.2 Å². The van der Waals surface area contributed by atoms with Crippen LogP contribution in [-0.4, -0.2) is 26.5 Å². The smallest absolute Gasteiger partial charge is 0.268 e. The molecule has 1 aromatic rings. The highest BCUT2D eigenvalue weighted by atomic mass is 32.2. The maximum Gasteiger partial charge on any atom is 0.268 e. The molecule has 6 nitrogen and oxygen atoms in total. The first-order chi connectivity index (χ1) is 9.62. The molecule has 0 fully saturated rings. The zero-order valence-corrected chi connectivity index (χ0v) is 13.4. The van der Waals surface area contributed by atoms with E-state index in [0.29, 0.717) is 18.0 Å². The fourth-order valence-electron chi connectivity index (χ4n) is 1.82. The molecule has 1 aliphatic rings. The van der Waals surface area contributed by atoms with Gasteiger partial charge in [-0.15, -0.1) is 0 Å². The molecule has 2 N–H and O–H groups in total. The van der Waals surface area contributed by atoms with Crippen LogP contribution in [0.15, 0.2) is 23.1 Å². The lowest BCUT2D eigenvalue weighted by molar-refractivity contribution is -0.129. The van der Waals surface area contributed by atoms with Crippen molar-refractivity contribution >= 4 is 21.6 Å². The van der Waals surface area contributed by atoms with Crippen molar-refractivity contribution in [2.75, 3.05) is 11.9 Å². The summed E-state index contributed by atoms with van der Waals surface area (Å²) in [6.07, 6.45) is 0. The molecule has 2 rings (SSSR count). The zero-order chi connectivity index (χ0) is 15.8. The lowest BCUT2D eigenvalue weighted by atomic mass is 10.1. The summed E-state index contributed by atoms with van der Waals surface area (Å²) in [6, 6.07) is 4.43. The minimum atomic E-state index is -3.59. The van der Waals surface area contributed by atoms with Crippen molar-refractivity contribution in [3.63, 3.8) is 0 Å². The van der Waals surface area contributed by atoms with Crippen LogP contribution in [0, 0.1) is 5.92 Å². The van der Waals surface area contributed by atoms with Gasteiger partial charge in [0.2, 0.25) is 10.0 Å². The number of hydrogen-bond acceptors (Lipinski definition) is 4. The minimum absolute atomic E-state index is 0.102. The molecule has 1 heterocycles. The number of hydrogen-bond donors (Lipinski definition) is 2. The van der Waals surface area contributed by atoms with Gasteiger partial charge in [0.15, 0.2) is 5.60 Å². The average Bonchev–Trinajstić information content (AvgIpc) is 2.37. The molecule has 1 amide bonds. The number of carbonyl (C=O) groups is 1. The van der Waals surface area contributed by atoms with Gasteiger partial charge in [-0.05, 0) is 38.0 Å². The molecular weight excluding hydrogens is 292 g/mol. The number of sulfonamides is 1. The van der Waals surface area contributed by atoms with E-state index in [2.05, 4.69) is 10.0 Å². The first-order valence-corrected chi connectivity index (χ1v) is 8.24. The Morgan fingerprint density at radius 2 is 2.00 bits per heavy atom. The van der Waals surface area contributed by atoms with Gasteiger partial charge >= 0.3 is 0 Å². The van der Waals surface area contributed by atoms with Crippen LogP contribution in [0.2, 0.25) is 0 Å². The van der Waals surface area contributed by atoms with Crippen molar-refractivity contribution in [1.29, 1.82) is 0 Å². The number of nitrogens with one attached hydrogen (secondary N) is 2. The van der Waals surface area contributed by atoms with Gasteiger partial charge in [-0.1, -0.05) is 13.8 Å². The van der Waals surface area contributed by atoms with Crippen LogP contribution in [0.25, 0.3) is 0 Å². The van der Waals surface area contributed by atoms with Crippen molar-refractivity contribution in [2.24, 2.45) is 5.92 Å². The molecule has 116 valence electrons. The molecule has 1 aliphatic heterocycles. The van der Waals surface area contributed by atoms with E-state index in [1.165, 1.54) is 12.1 Å². The van der Waals surface area contributed by atoms with Crippen molar-refractivity contribution in [3.05, 3.63) is 18.2 Å². The highest BCUT2D eigenvalue weighted by Crippen LogP contribution is 2.35. The molecule has 0 saturated heterocycles. The van der Waals surface area contributed by atoms with Crippen LogP contribution in [0.4, 0.5) is 5.69 Å². The first kappa shape index (κ1) is 15.8. The van der Waals surface area contributed by atoms with E-state index >= 15 is 0 Å². The van der Waals surface area contributed by atoms with Gasteiger partial charge in [0.25, 0.3) is 5.91 Å². The van der Waals surface area contributed by atoms with E-state index in [1.807, 2.05) is 13.8 Å². The number of fused-ring (bicyclic) bond motifs is 1. The summed E-state index contributed by atoms with van der Waals surface area (Å²) < 4.78 is 32.4. The fourth-order valence-corrected chi connectivity index (χ4v) is 3.06. The predicted octanol–water partition coefficient (Wildman–Crippen LogP) is 1.73. The lowest BCUT2D eigenvalue weighted by Gasteiger charge is -2.31. The minimum Gasteiger partial charge on any atom is -0.476 e. The Bertz CT molecular complexity index is 666. The standard InChI is InChI=1S/C14H20N2O4S/c1-9(2)8-15-21(18,19)10-5-6-12-11(7-10)16-13(17)14(3,4)20-12/h5-7,9,15H,8H2,1-4H3,(H,16,17). The number of ether oxygens (including phenoxy) is 1. The Labute approximate surface area is 124 Å². The Morgan fingerprint density at radius 1 is 1.33 bits per heavy atom. The van der Waals surface area contributed by atoms with Crippen molar-refractivity contribution < 1.29 is 17.9 Å². The molecule has 1 aromatic carbocycles. The molecule has 21 heavy (non-hydrogen) atoms. The molecule has 0 atom stereocenters. The highest BCUT2D eigenvalue weighted by molar-refractivity contribution is 7.89. The summed E-state index contributed by atoms with van der Waals surface area (Å²) in [5.41, 5.74) is -0.602. The van der Waals surface area contributed by atoms with Gasteiger partial charge in [-0.2, -0.15) is 0 Å². The van der Waals surface area contributed by atoms with Crippen LogP contribution < -0.4 is 14.8 Å². The highest BCUT2D eigenvalue weighted by Gasteiger charge is 2.35. The quantitative estimate of drug-likeness (QED) is 0.887. The third-order valence-corrected chi connectivity index (χ3v) is 4.52. The van der Waals surface area contributed by atoms with Crippen LogP contribution in [-0.2, 0) is 14.8 Å². The second-order valence-electron chi connectivity index (χ2n) is 5.97. The number of carbonyl (C=O) groups excluding carboxylic acids is 1. The third-order valence-electron chi connectivity index (χ3n) is 3.10. The normalized spacial score (nSPS) is 17.1. The summed E-state index contributed by atoms with van der Waals surface area (Å²) in [5.74, 6) is 0.364. The lowest BCUT2D eigenvalue weighted by Crippen LogP contribution is -2.45. The Kier molecular flexibility index (Phi) is 3.99. The van der Waals surface area contributed by atoms with Gasteiger partial charge in [-0.3, -0.25) is 4.79 Å². The average molecular weight is 312 g/mol. The van der Waals surface area contributed by atoms with E-state index < -0.39 is 15.6 Å². The van der Waals surface area contributed by atoms with E-state index in [4.69, 9.17) is 4.74 Å². The maximum absolute atomic E-state index is 12.2. The monoisotopic (exact) mass is 312 g/mol. The van der Waals surface area contributed by atoms with Gasteiger partial charge in [0.1, 0.15) is 5.75 Å². The van der Waals surface area contributed by atoms with Gasteiger partial charge < -0.3 is 10.1 Å². The summed E-state index contributed by atoms with van der Waals surface area (Å²) in [5, 5.41) is 2.67. The molecule has 0 spiro atoms. The summed E-state index contributed by atoms with van der Waals surface area (Å²) in [7, 11) is -3.59. The van der Waals surface area contributed by atoms with Crippen LogP contribution in [0.1, 0.15) is 27.7 Å². The first-order valence-electron chi connectivity index (χ1n) is 6.76. The van der Waals surface area contributed by atoms with E-state index in [0.717, 1.165) is 0 Å². The second kappa shape index (κ2) is 5.31. The zero-order valence-electron chi connectivity index (χ0n) is 12.6. The van der Waals surface area contributed by atoms with Gasteiger partial charge in [0, 0.05) is 6.54 Å². The van der Waals surface area contributed by atoms with E-state index in [-0.39, 0.29) is 16.7 Å².